The van der Waals surface area contributed by atoms with Gasteiger partial charge in [-0.2, -0.15) is 0 Å². The predicted molar refractivity (Wildman–Crippen MR) is 105 cm³/mol. The highest BCUT2D eigenvalue weighted by Gasteiger charge is 2.30. The smallest absolute Gasteiger partial charge is 0.275 e. The molecule has 8 heteroatoms. The molecule has 0 N–H and O–H groups in total. The molecule has 3 rings (SSSR count). The number of rotatable bonds is 4. The van der Waals surface area contributed by atoms with Gasteiger partial charge in [0.25, 0.3) is 11.8 Å². The van der Waals surface area contributed by atoms with Crippen molar-refractivity contribution in [3.8, 4) is 5.75 Å². The Labute approximate surface area is 169 Å². The number of carbonyl (C=O) groups excluding carboxylic acids is 2. The number of ether oxygens (including phenoxy) is 1. The summed E-state index contributed by atoms with van der Waals surface area (Å²) in [7, 11) is 4.90. The molecule has 28 heavy (non-hydrogen) atoms. The molecular formula is C20H24ClN3O4. The van der Waals surface area contributed by atoms with Gasteiger partial charge in [0.15, 0.2) is 11.6 Å². The maximum absolute atomic E-state index is 12.9. The number of likely N-dealkylation sites (tertiary alicyclic amines) is 1. The van der Waals surface area contributed by atoms with Gasteiger partial charge >= 0.3 is 0 Å². The van der Waals surface area contributed by atoms with Gasteiger partial charge in [-0.15, -0.1) is 0 Å². The maximum atomic E-state index is 12.9. The molecule has 2 amide bonds. The maximum Gasteiger partial charge on any atom is 0.275 e. The van der Waals surface area contributed by atoms with Crippen LogP contribution >= 0.6 is 11.6 Å². The molecule has 0 aliphatic carbocycles. The van der Waals surface area contributed by atoms with E-state index >= 15 is 0 Å². The molecule has 0 radical (unpaired) electrons. The lowest BCUT2D eigenvalue weighted by Gasteiger charge is -2.31. The van der Waals surface area contributed by atoms with Crippen LogP contribution in [0.3, 0.4) is 0 Å². The molecule has 2 heterocycles. The van der Waals surface area contributed by atoms with Crippen LogP contribution in [0.4, 0.5) is 0 Å². The minimum atomic E-state index is -0.173. The minimum absolute atomic E-state index is 0.0766. The zero-order valence-corrected chi connectivity index (χ0v) is 17.2. The number of amides is 2. The van der Waals surface area contributed by atoms with Crippen molar-refractivity contribution in [2.45, 2.75) is 25.7 Å². The van der Waals surface area contributed by atoms with E-state index in [4.69, 9.17) is 20.8 Å². The summed E-state index contributed by atoms with van der Waals surface area (Å²) in [5.74, 6) is 1.39. The van der Waals surface area contributed by atoms with Gasteiger partial charge < -0.3 is 19.0 Å². The van der Waals surface area contributed by atoms with Gasteiger partial charge in [-0.3, -0.25) is 9.59 Å². The molecule has 2 aromatic rings. The number of oxazole rings is 1. The van der Waals surface area contributed by atoms with E-state index in [1.807, 2.05) is 0 Å². The van der Waals surface area contributed by atoms with Crippen LogP contribution in [0.2, 0.25) is 5.02 Å². The van der Waals surface area contributed by atoms with Gasteiger partial charge in [-0.25, -0.2) is 4.98 Å². The number of aryl methyl sites for hydroxylation is 1. The number of nitrogens with zero attached hydrogens (tertiary/aromatic N) is 3. The molecule has 150 valence electrons. The topological polar surface area (TPSA) is 75.9 Å². The average Bonchev–Trinajstić information content (AvgIpc) is 3.08. The summed E-state index contributed by atoms with van der Waals surface area (Å²) < 4.78 is 11.1. The third-order valence-electron chi connectivity index (χ3n) is 4.95. The fourth-order valence-electron chi connectivity index (χ4n) is 3.35. The Morgan fingerprint density at radius 3 is 2.57 bits per heavy atom. The van der Waals surface area contributed by atoms with Crippen molar-refractivity contribution in [2.75, 3.05) is 34.3 Å². The van der Waals surface area contributed by atoms with Crippen molar-refractivity contribution >= 4 is 23.4 Å². The molecule has 0 atom stereocenters. The quantitative estimate of drug-likeness (QED) is 0.779. The molecule has 1 aromatic carbocycles. The zero-order chi connectivity index (χ0) is 20.4. The van der Waals surface area contributed by atoms with Gasteiger partial charge in [0.1, 0.15) is 11.5 Å². The van der Waals surface area contributed by atoms with E-state index in [-0.39, 0.29) is 17.7 Å². The second-order valence-electron chi connectivity index (χ2n) is 7.07. The van der Waals surface area contributed by atoms with Crippen LogP contribution < -0.4 is 4.74 Å². The number of carbonyl (C=O) groups is 2. The molecular weight excluding hydrogens is 382 g/mol. The first kappa shape index (κ1) is 20.2. The molecule has 1 aliphatic heterocycles. The number of hydrogen-bond donors (Lipinski definition) is 0. The number of halogens is 1. The van der Waals surface area contributed by atoms with Crippen molar-refractivity contribution in [2.24, 2.45) is 0 Å². The minimum Gasteiger partial charge on any atom is -0.496 e. The van der Waals surface area contributed by atoms with Crippen LogP contribution in [0.1, 0.15) is 51.3 Å². The van der Waals surface area contributed by atoms with Gasteiger partial charge in [-0.05, 0) is 38.0 Å². The van der Waals surface area contributed by atoms with Crippen LogP contribution in [-0.2, 0) is 0 Å². The lowest BCUT2D eigenvalue weighted by Crippen LogP contribution is -2.38. The van der Waals surface area contributed by atoms with E-state index in [9.17, 15) is 9.59 Å². The Balaban J connectivity index is 1.70. The normalized spacial score (nSPS) is 14.8. The van der Waals surface area contributed by atoms with Crippen molar-refractivity contribution in [1.82, 2.24) is 14.8 Å². The number of aromatic nitrogens is 1. The standard InChI is InChI=1S/C20H24ClN3O4/c1-12-17(20(26)23(2)3)22-18(28-12)13-7-9-24(10-8-13)19(25)15-11-14(21)5-6-16(15)27-4/h5-6,11,13H,7-10H2,1-4H3. The SMILES string of the molecule is COc1ccc(Cl)cc1C(=O)N1CCC(c2nc(C(=O)N(C)C)c(C)o2)CC1. The summed E-state index contributed by atoms with van der Waals surface area (Å²) in [6, 6.07) is 5.02. The van der Waals surface area contributed by atoms with Gasteiger partial charge in [0, 0.05) is 38.1 Å². The highest BCUT2D eigenvalue weighted by Crippen LogP contribution is 2.31. The molecule has 1 saturated heterocycles. The van der Waals surface area contributed by atoms with E-state index < -0.39 is 0 Å². The van der Waals surface area contributed by atoms with Crippen molar-refractivity contribution in [3.63, 3.8) is 0 Å². The van der Waals surface area contributed by atoms with Crippen molar-refractivity contribution < 1.29 is 18.7 Å². The third kappa shape index (κ3) is 3.99. The zero-order valence-electron chi connectivity index (χ0n) is 16.5. The van der Waals surface area contributed by atoms with Crippen LogP contribution in [0, 0.1) is 6.92 Å². The number of benzene rings is 1. The van der Waals surface area contributed by atoms with Gasteiger partial charge in [0.05, 0.1) is 12.7 Å². The number of hydrogen-bond acceptors (Lipinski definition) is 5. The molecule has 1 aromatic heterocycles. The first-order valence-electron chi connectivity index (χ1n) is 9.13. The Bertz CT molecular complexity index is 886. The Morgan fingerprint density at radius 1 is 1.29 bits per heavy atom. The fourth-order valence-corrected chi connectivity index (χ4v) is 3.52. The predicted octanol–water partition coefficient (Wildman–Crippen LogP) is 3.37. The van der Waals surface area contributed by atoms with Crippen LogP contribution in [0.15, 0.2) is 22.6 Å². The average molecular weight is 406 g/mol. The van der Waals surface area contributed by atoms with Crippen LogP contribution in [-0.4, -0.2) is 60.9 Å². The summed E-state index contributed by atoms with van der Waals surface area (Å²) in [6.07, 6.45) is 1.42. The molecule has 0 saturated carbocycles. The first-order valence-corrected chi connectivity index (χ1v) is 9.51. The van der Waals surface area contributed by atoms with Crippen molar-refractivity contribution in [3.05, 3.63) is 46.1 Å². The molecule has 1 fully saturated rings. The second kappa shape index (κ2) is 8.22. The van der Waals surface area contributed by atoms with Crippen LogP contribution in [0.25, 0.3) is 0 Å². The van der Waals surface area contributed by atoms with Gasteiger partial charge in [-0.1, -0.05) is 11.6 Å². The summed E-state index contributed by atoms with van der Waals surface area (Å²) in [6.45, 7) is 2.88. The largest absolute Gasteiger partial charge is 0.496 e. The molecule has 0 bridgehead atoms. The van der Waals surface area contributed by atoms with Crippen LogP contribution in [0.5, 0.6) is 5.75 Å². The molecule has 0 spiro atoms. The molecule has 0 unspecified atom stereocenters. The highest BCUT2D eigenvalue weighted by atomic mass is 35.5. The van der Waals surface area contributed by atoms with E-state index in [1.54, 1.807) is 44.1 Å². The van der Waals surface area contributed by atoms with E-state index in [0.29, 0.717) is 59.6 Å². The van der Waals surface area contributed by atoms with E-state index in [0.717, 1.165) is 0 Å². The Hall–Kier alpha value is -2.54. The van der Waals surface area contributed by atoms with Crippen molar-refractivity contribution in [1.29, 1.82) is 0 Å². The Morgan fingerprint density at radius 2 is 1.96 bits per heavy atom. The monoisotopic (exact) mass is 405 g/mol. The lowest BCUT2D eigenvalue weighted by molar-refractivity contribution is 0.0702. The van der Waals surface area contributed by atoms with Gasteiger partial charge in [0.2, 0.25) is 0 Å². The first-order chi connectivity index (χ1) is 13.3. The Kier molecular flexibility index (Phi) is 5.93. The van der Waals surface area contributed by atoms with E-state index in [2.05, 4.69) is 4.98 Å². The molecule has 1 aliphatic rings. The number of methoxy groups -OCH3 is 1. The van der Waals surface area contributed by atoms with E-state index in [1.165, 1.54) is 12.0 Å². The molecule has 7 nitrogen and oxygen atoms in total. The summed E-state index contributed by atoms with van der Waals surface area (Å²) >= 11 is 6.05. The highest BCUT2D eigenvalue weighted by molar-refractivity contribution is 6.31. The fraction of sp³-hybridized carbons (Fsp3) is 0.450. The lowest BCUT2D eigenvalue weighted by atomic mass is 9.96. The summed E-state index contributed by atoms with van der Waals surface area (Å²) in [5, 5.41) is 0.493. The second-order valence-corrected chi connectivity index (χ2v) is 7.50. The summed E-state index contributed by atoms with van der Waals surface area (Å²) in [4.78, 5) is 32.8. The third-order valence-corrected chi connectivity index (χ3v) is 5.18. The number of piperidine rings is 1. The summed E-state index contributed by atoms with van der Waals surface area (Å²) in [5.41, 5.74) is 0.807.